The van der Waals surface area contributed by atoms with Gasteiger partial charge in [-0.1, -0.05) is 23.7 Å². The van der Waals surface area contributed by atoms with E-state index in [4.69, 9.17) is 17.3 Å². The maximum atomic E-state index is 13.2. The SMILES string of the molecule is Nc1ncc(-c2cccc(F)c2Cl)cc1F. The molecule has 0 bridgehead atoms. The van der Waals surface area contributed by atoms with Gasteiger partial charge in [0.25, 0.3) is 0 Å². The quantitative estimate of drug-likeness (QED) is 0.831. The number of hydrogen-bond acceptors (Lipinski definition) is 2. The Bertz CT molecular complexity index is 544. The molecule has 82 valence electrons. The molecule has 1 heterocycles. The van der Waals surface area contributed by atoms with Gasteiger partial charge in [0, 0.05) is 17.3 Å². The van der Waals surface area contributed by atoms with Gasteiger partial charge < -0.3 is 5.73 Å². The van der Waals surface area contributed by atoms with Crippen LogP contribution >= 0.6 is 11.6 Å². The monoisotopic (exact) mass is 240 g/mol. The number of halogens is 3. The molecule has 0 spiro atoms. The average molecular weight is 241 g/mol. The van der Waals surface area contributed by atoms with Gasteiger partial charge in [0.2, 0.25) is 0 Å². The molecule has 0 aliphatic rings. The van der Waals surface area contributed by atoms with E-state index in [1.807, 2.05) is 0 Å². The number of rotatable bonds is 1. The molecule has 2 aromatic rings. The highest BCUT2D eigenvalue weighted by molar-refractivity contribution is 6.33. The number of pyridine rings is 1. The van der Waals surface area contributed by atoms with Gasteiger partial charge in [-0.15, -0.1) is 0 Å². The van der Waals surface area contributed by atoms with Gasteiger partial charge >= 0.3 is 0 Å². The van der Waals surface area contributed by atoms with E-state index in [1.165, 1.54) is 24.4 Å². The highest BCUT2D eigenvalue weighted by atomic mass is 35.5. The summed E-state index contributed by atoms with van der Waals surface area (Å²) in [6.45, 7) is 0. The van der Waals surface area contributed by atoms with Crippen molar-refractivity contribution in [2.45, 2.75) is 0 Å². The number of hydrogen-bond donors (Lipinski definition) is 1. The lowest BCUT2D eigenvalue weighted by molar-refractivity contribution is 0.626. The lowest BCUT2D eigenvalue weighted by Gasteiger charge is -2.05. The Hall–Kier alpha value is -1.68. The van der Waals surface area contributed by atoms with Crippen LogP contribution in [0.4, 0.5) is 14.6 Å². The van der Waals surface area contributed by atoms with E-state index in [0.717, 1.165) is 0 Å². The normalized spacial score (nSPS) is 10.4. The topological polar surface area (TPSA) is 38.9 Å². The number of aromatic nitrogens is 1. The number of nitrogens with zero attached hydrogens (tertiary/aromatic N) is 1. The second kappa shape index (κ2) is 4.06. The Morgan fingerprint density at radius 2 is 1.94 bits per heavy atom. The maximum absolute atomic E-state index is 13.2. The summed E-state index contributed by atoms with van der Waals surface area (Å²) < 4.78 is 26.3. The van der Waals surface area contributed by atoms with Gasteiger partial charge in [-0.25, -0.2) is 13.8 Å². The largest absolute Gasteiger partial charge is 0.381 e. The smallest absolute Gasteiger partial charge is 0.165 e. The van der Waals surface area contributed by atoms with Crippen molar-refractivity contribution in [3.8, 4) is 11.1 Å². The van der Waals surface area contributed by atoms with Gasteiger partial charge in [0.1, 0.15) is 5.82 Å². The first-order valence-corrected chi connectivity index (χ1v) is 4.83. The molecule has 5 heteroatoms. The van der Waals surface area contributed by atoms with Crippen LogP contribution in [0.25, 0.3) is 11.1 Å². The first-order valence-electron chi connectivity index (χ1n) is 4.45. The molecule has 0 saturated heterocycles. The minimum atomic E-state index is -0.655. The molecule has 0 saturated carbocycles. The Kier molecular flexibility index (Phi) is 2.75. The highest BCUT2D eigenvalue weighted by Gasteiger charge is 2.10. The van der Waals surface area contributed by atoms with Crippen molar-refractivity contribution in [3.63, 3.8) is 0 Å². The van der Waals surface area contributed by atoms with E-state index in [1.54, 1.807) is 6.07 Å². The van der Waals surface area contributed by atoms with Crippen LogP contribution in [0.1, 0.15) is 0 Å². The Morgan fingerprint density at radius 1 is 1.19 bits per heavy atom. The third-order valence-electron chi connectivity index (χ3n) is 2.13. The summed E-state index contributed by atoms with van der Waals surface area (Å²) in [7, 11) is 0. The first kappa shape index (κ1) is 10.8. The van der Waals surface area contributed by atoms with Crippen molar-refractivity contribution in [1.29, 1.82) is 0 Å². The van der Waals surface area contributed by atoms with E-state index in [-0.39, 0.29) is 10.8 Å². The average Bonchev–Trinajstić information content (AvgIpc) is 2.26. The predicted octanol–water partition coefficient (Wildman–Crippen LogP) is 3.26. The summed E-state index contributed by atoms with van der Waals surface area (Å²) in [5.74, 6) is -1.41. The predicted molar refractivity (Wildman–Crippen MR) is 59.0 cm³/mol. The standard InChI is InChI=1S/C11H7ClF2N2/c12-10-7(2-1-3-8(10)13)6-4-9(14)11(15)16-5-6/h1-5H,(H2,15,16). The van der Waals surface area contributed by atoms with Crippen LogP contribution in [-0.2, 0) is 0 Å². The van der Waals surface area contributed by atoms with Gasteiger partial charge in [0.15, 0.2) is 11.6 Å². The van der Waals surface area contributed by atoms with Gasteiger partial charge in [-0.3, -0.25) is 0 Å². The number of nitrogen functional groups attached to an aromatic ring is 1. The van der Waals surface area contributed by atoms with Gasteiger partial charge in [-0.05, 0) is 12.1 Å². The van der Waals surface area contributed by atoms with E-state index in [2.05, 4.69) is 4.98 Å². The molecular formula is C11H7ClF2N2. The van der Waals surface area contributed by atoms with Crippen LogP contribution in [-0.4, -0.2) is 4.98 Å². The molecule has 2 nitrogen and oxygen atoms in total. The molecule has 0 aliphatic heterocycles. The summed E-state index contributed by atoms with van der Waals surface area (Å²) in [5.41, 5.74) is 6.01. The second-order valence-corrected chi connectivity index (χ2v) is 3.57. The van der Waals surface area contributed by atoms with E-state index >= 15 is 0 Å². The van der Waals surface area contributed by atoms with Crippen molar-refractivity contribution in [3.05, 3.63) is 47.1 Å². The first-order chi connectivity index (χ1) is 7.59. The van der Waals surface area contributed by atoms with Crippen molar-refractivity contribution >= 4 is 17.4 Å². The molecule has 1 aromatic carbocycles. The van der Waals surface area contributed by atoms with Gasteiger partial charge in [-0.2, -0.15) is 0 Å². The maximum Gasteiger partial charge on any atom is 0.165 e. The van der Waals surface area contributed by atoms with E-state index < -0.39 is 11.6 Å². The fourth-order valence-electron chi connectivity index (χ4n) is 1.32. The molecule has 1 aromatic heterocycles. The molecule has 0 aliphatic carbocycles. The van der Waals surface area contributed by atoms with Crippen molar-refractivity contribution in [2.24, 2.45) is 0 Å². The molecule has 16 heavy (non-hydrogen) atoms. The zero-order valence-electron chi connectivity index (χ0n) is 8.05. The van der Waals surface area contributed by atoms with E-state index in [9.17, 15) is 8.78 Å². The minimum Gasteiger partial charge on any atom is -0.381 e. The summed E-state index contributed by atoms with van der Waals surface area (Å²) >= 11 is 5.76. The van der Waals surface area contributed by atoms with Crippen LogP contribution < -0.4 is 5.73 Å². The number of anilines is 1. The Morgan fingerprint density at radius 3 is 2.62 bits per heavy atom. The lowest BCUT2D eigenvalue weighted by Crippen LogP contribution is -1.95. The van der Waals surface area contributed by atoms with Crippen molar-refractivity contribution in [1.82, 2.24) is 4.98 Å². The van der Waals surface area contributed by atoms with Gasteiger partial charge in [0.05, 0.1) is 5.02 Å². The molecule has 0 unspecified atom stereocenters. The summed E-state index contributed by atoms with van der Waals surface area (Å²) in [4.78, 5) is 3.65. The van der Waals surface area contributed by atoms with Crippen LogP contribution in [0.2, 0.25) is 5.02 Å². The van der Waals surface area contributed by atoms with Crippen LogP contribution in [0, 0.1) is 11.6 Å². The Balaban J connectivity index is 2.59. The summed E-state index contributed by atoms with van der Waals surface area (Å²) in [5, 5.41) is -0.0616. The minimum absolute atomic E-state index is 0.0616. The van der Waals surface area contributed by atoms with Crippen LogP contribution in [0.5, 0.6) is 0 Å². The molecule has 2 N–H and O–H groups in total. The third-order valence-corrected chi connectivity index (χ3v) is 2.52. The molecule has 2 rings (SSSR count). The van der Waals surface area contributed by atoms with E-state index in [0.29, 0.717) is 11.1 Å². The molecular weight excluding hydrogens is 234 g/mol. The number of nitrogens with two attached hydrogens (primary N) is 1. The highest BCUT2D eigenvalue weighted by Crippen LogP contribution is 2.30. The molecule has 0 radical (unpaired) electrons. The second-order valence-electron chi connectivity index (χ2n) is 3.19. The molecule has 0 atom stereocenters. The summed E-state index contributed by atoms with van der Waals surface area (Å²) in [6, 6.07) is 5.47. The zero-order chi connectivity index (χ0) is 11.7. The molecule has 0 fully saturated rings. The van der Waals surface area contributed by atoms with Crippen molar-refractivity contribution in [2.75, 3.05) is 5.73 Å². The van der Waals surface area contributed by atoms with Crippen LogP contribution in [0.15, 0.2) is 30.5 Å². The zero-order valence-corrected chi connectivity index (χ0v) is 8.80. The fourth-order valence-corrected chi connectivity index (χ4v) is 1.56. The van der Waals surface area contributed by atoms with Crippen LogP contribution in [0.3, 0.4) is 0 Å². The third kappa shape index (κ3) is 1.84. The molecule has 0 amide bonds. The Labute approximate surface area is 95.7 Å². The van der Waals surface area contributed by atoms with Crippen molar-refractivity contribution < 1.29 is 8.78 Å². The number of benzene rings is 1. The lowest BCUT2D eigenvalue weighted by atomic mass is 10.1. The fraction of sp³-hybridized carbons (Fsp3) is 0. The summed E-state index contributed by atoms with van der Waals surface area (Å²) in [6.07, 6.45) is 1.35.